The molecule has 1 aromatic carbocycles. The lowest BCUT2D eigenvalue weighted by Crippen LogP contribution is -2.33. The average molecular weight is 391 g/mol. The molecule has 0 fully saturated rings. The summed E-state index contributed by atoms with van der Waals surface area (Å²) in [6.07, 6.45) is 4.66. The maximum absolute atomic E-state index is 12.5. The molecule has 7 nitrogen and oxygen atoms in total. The highest BCUT2D eigenvalue weighted by atomic mass is 35.5. The quantitative estimate of drug-likeness (QED) is 0.687. The number of benzene rings is 1. The van der Waals surface area contributed by atoms with Gasteiger partial charge in [0.1, 0.15) is 11.5 Å². The lowest BCUT2D eigenvalue weighted by molar-refractivity contribution is 0.0600. The normalized spacial score (nSPS) is 10.4. The Hall–Kier alpha value is -2.67. The Bertz CT molecular complexity index is 790. The van der Waals surface area contributed by atoms with Crippen molar-refractivity contribution in [2.75, 3.05) is 25.5 Å². The van der Waals surface area contributed by atoms with E-state index in [0.29, 0.717) is 35.2 Å². The molecule has 0 aliphatic carbocycles. The second kappa shape index (κ2) is 9.87. The van der Waals surface area contributed by atoms with Crippen LogP contribution in [0.5, 0.6) is 0 Å². The third-order valence-electron chi connectivity index (χ3n) is 3.80. The van der Waals surface area contributed by atoms with Crippen molar-refractivity contribution < 1.29 is 14.3 Å². The Morgan fingerprint density at radius 1 is 1.15 bits per heavy atom. The summed E-state index contributed by atoms with van der Waals surface area (Å²) in [7, 11) is 1.31. The molecule has 0 bridgehead atoms. The highest BCUT2D eigenvalue weighted by Crippen LogP contribution is 2.26. The Labute approximate surface area is 163 Å². The lowest BCUT2D eigenvalue weighted by Gasteiger charge is -2.20. The third kappa shape index (κ3) is 5.40. The largest absolute Gasteiger partial charge is 0.465 e. The topological polar surface area (TPSA) is 84.4 Å². The van der Waals surface area contributed by atoms with Crippen molar-refractivity contribution in [3.05, 3.63) is 46.9 Å². The van der Waals surface area contributed by atoms with Crippen LogP contribution >= 0.6 is 11.6 Å². The van der Waals surface area contributed by atoms with E-state index >= 15 is 0 Å². The SMILES string of the molecule is CCCN(CCC)C(=O)c1cnc(Nc2cc(C(=O)OC)ccc2Cl)cn1. The van der Waals surface area contributed by atoms with E-state index < -0.39 is 5.97 Å². The van der Waals surface area contributed by atoms with Gasteiger partial charge in [-0.05, 0) is 31.0 Å². The fourth-order valence-corrected chi connectivity index (χ4v) is 2.69. The summed E-state index contributed by atoms with van der Waals surface area (Å²) in [5, 5.41) is 3.42. The first-order valence-corrected chi connectivity index (χ1v) is 9.14. The van der Waals surface area contributed by atoms with Crippen molar-refractivity contribution in [3.63, 3.8) is 0 Å². The Kier molecular flexibility index (Phi) is 7.55. The smallest absolute Gasteiger partial charge is 0.337 e. The van der Waals surface area contributed by atoms with Crippen molar-refractivity contribution in [2.24, 2.45) is 0 Å². The predicted molar refractivity (Wildman–Crippen MR) is 105 cm³/mol. The van der Waals surface area contributed by atoms with Gasteiger partial charge in [-0.3, -0.25) is 4.79 Å². The minimum Gasteiger partial charge on any atom is -0.465 e. The molecule has 0 atom stereocenters. The number of esters is 1. The molecular weight excluding hydrogens is 368 g/mol. The van der Waals surface area contributed by atoms with Gasteiger partial charge in [-0.15, -0.1) is 0 Å². The highest BCUT2D eigenvalue weighted by Gasteiger charge is 2.16. The third-order valence-corrected chi connectivity index (χ3v) is 4.13. The number of nitrogens with one attached hydrogen (secondary N) is 1. The highest BCUT2D eigenvalue weighted by molar-refractivity contribution is 6.33. The van der Waals surface area contributed by atoms with E-state index in [4.69, 9.17) is 16.3 Å². The van der Waals surface area contributed by atoms with Gasteiger partial charge >= 0.3 is 5.97 Å². The first kappa shape index (κ1) is 20.6. The number of ether oxygens (including phenoxy) is 1. The van der Waals surface area contributed by atoms with Crippen molar-refractivity contribution in [1.29, 1.82) is 0 Å². The van der Waals surface area contributed by atoms with Crippen LogP contribution in [-0.4, -0.2) is 46.9 Å². The number of rotatable bonds is 8. The molecule has 1 amide bonds. The van der Waals surface area contributed by atoms with Crippen LogP contribution in [0.25, 0.3) is 0 Å². The van der Waals surface area contributed by atoms with Crippen molar-refractivity contribution in [3.8, 4) is 0 Å². The number of methoxy groups -OCH3 is 1. The number of amides is 1. The fourth-order valence-electron chi connectivity index (χ4n) is 2.52. The number of nitrogens with zero attached hydrogens (tertiary/aromatic N) is 3. The van der Waals surface area contributed by atoms with E-state index in [9.17, 15) is 9.59 Å². The zero-order chi connectivity index (χ0) is 19.8. The van der Waals surface area contributed by atoms with Gasteiger partial charge in [0.2, 0.25) is 0 Å². The van der Waals surface area contributed by atoms with Crippen LogP contribution in [0, 0.1) is 0 Å². The van der Waals surface area contributed by atoms with Gasteiger partial charge in [-0.25, -0.2) is 14.8 Å². The minimum atomic E-state index is -0.464. The van der Waals surface area contributed by atoms with Crippen LogP contribution in [0.15, 0.2) is 30.6 Å². The molecule has 0 saturated carbocycles. The monoisotopic (exact) mass is 390 g/mol. The molecule has 1 aromatic heterocycles. The van der Waals surface area contributed by atoms with Gasteiger partial charge in [0.15, 0.2) is 0 Å². The first-order chi connectivity index (χ1) is 13.0. The molecule has 0 radical (unpaired) electrons. The number of hydrogen-bond acceptors (Lipinski definition) is 6. The molecule has 8 heteroatoms. The summed E-state index contributed by atoms with van der Waals surface area (Å²) >= 11 is 6.16. The maximum Gasteiger partial charge on any atom is 0.337 e. The van der Waals surface area contributed by atoms with E-state index in [2.05, 4.69) is 15.3 Å². The predicted octanol–water partition coefficient (Wildman–Crippen LogP) is 3.92. The Morgan fingerprint density at radius 2 is 1.85 bits per heavy atom. The van der Waals surface area contributed by atoms with E-state index in [-0.39, 0.29) is 11.6 Å². The summed E-state index contributed by atoms with van der Waals surface area (Å²) in [6, 6.07) is 4.73. The van der Waals surface area contributed by atoms with Crippen LogP contribution in [0.3, 0.4) is 0 Å². The molecular formula is C19H23ClN4O3. The van der Waals surface area contributed by atoms with Crippen LogP contribution < -0.4 is 5.32 Å². The zero-order valence-corrected chi connectivity index (χ0v) is 16.4. The molecule has 0 unspecified atom stereocenters. The lowest BCUT2D eigenvalue weighted by atomic mass is 10.2. The van der Waals surface area contributed by atoms with Crippen LogP contribution in [0.1, 0.15) is 47.5 Å². The molecule has 27 heavy (non-hydrogen) atoms. The van der Waals surface area contributed by atoms with Crippen molar-refractivity contribution in [1.82, 2.24) is 14.9 Å². The number of aromatic nitrogens is 2. The second-order valence-corrected chi connectivity index (χ2v) is 6.30. The average Bonchev–Trinajstić information content (AvgIpc) is 2.69. The summed E-state index contributed by atoms with van der Waals surface area (Å²) in [5.41, 5.74) is 1.14. The molecule has 144 valence electrons. The maximum atomic E-state index is 12.5. The molecule has 0 aliphatic rings. The molecule has 0 spiro atoms. The summed E-state index contributed by atoms with van der Waals surface area (Å²) < 4.78 is 4.71. The molecule has 1 heterocycles. The molecule has 2 rings (SSSR count). The Morgan fingerprint density at radius 3 is 2.41 bits per heavy atom. The van der Waals surface area contributed by atoms with Crippen LogP contribution in [0.4, 0.5) is 11.5 Å². The van der Waals surface area contributed by atoms with Crippen LogP contribution in [0.2, 0.25) is 5.02 Å². The number of halogens is 1. The van der Waals surface area contributed by atoms with Gasteiger partial charge in [0.25, 0.3) is 5.91 Å². The molecule has 1 N–H and O–H groups in total. The standard InChI is InChI=1S/C19H23ClN4O3/c1-4-8-24(9-5-2)18(25)16-11-22-17(12-21-16)23-15-10-13(19(26)27-3)6-7-14(15)20/h6-7,10-12H,4-5,8-9H2,1-3H3,(H,22,23). The van der Waals surface area contributed by atoms with E-state index in [1.54, 1.807) is 23.1 Å². The van der Waals surface area contributed by atoms with E-state index in [1.165, 1.54) is 19.5 Å². The molecule has 0 saturated heterocycles. The number of anilines is 2. The van der Waals surface area contributed by atoms with Gasteiger partial charge in [-0.2, -0.15) is 0 Å². The van der Waals surface area contributed by atoms with Gasteiger partial charge < -0.3 is 15.0 Å². The molecule has 2 aromatic rings. The van der Waals surface area contributed by atoms with Crippen molar-refractivity contribution >= 4 is 35.0 Å². The molecule has 0 aliphatic heterocycles. The van der Waals surface area contributed by atoms with Crippen LogP contribution in [-0.2, 0) is 4.74 Å². The zero-order valence-electron chi connectivity index (χ0n) is 15.7. The fraction of sp³-hybridized carbons (Fsp3) is 0.368. The van der Waals surface area contributed by atoms with Gasteiger partial charge in [0, 0.05) is 13.1 Å². The number of carbonyl (C=O) groups excluding carboxylic acids is 2. The summed E-state index contributed by atoms with van der Waals surface area (Å²) in [4.78, 5) is 34.4. The number of carbonyl (C=O) groups is 2. The first-order valence-electron chi connectivity index (χ1n) is 8.76. The van der Waals surface area contributed by atoms with Crippen molar-refractivity contribution in [2.45, 2.75) is 26.7 Å². The van der Waals surface area contributed by atoms with E-state index in [1.807, 2.05) is 13.8 Å². The van der Waals surface area contributed by atoms with Gasteiger partial charge in [-0.1, -0.05) is 25.4 Å². The van der Waals surface area contributed by atoms with E-state index in [0.717, 1.165) is 12.8 Å². The summed E-state index contributed by atoms with van der Waals surface area (Å²) in [6.45, 7) is 5.43. The minimum absolute atomic E-state index is 0.136. The Balaban J connectivity index is 2.16. The number of hydrogen-bond donors (Lipinski definition) is 1. The van der Waals surface area contributed by atoms with Gasteiger partial charge in [0.05, 0.1) is 35.8 Å². The summed E-state index contributed by atoms with van der Waals surface area (Å²) in [5.74, 6) is -0.190. The second-order valence-electron chi connectivity index (χ2n) is 5.89.